The summed E-state index contributed by atoms with van der Waals surface area (Å²) in [5, 5.41) is 0.602. The molecule has 1 N–H and O–H groups in total. The molecule has 0 aromatic heterocycles. The van der Waals surface area contributed by atoms with E-state index in [0.717, 1.165) is 23.2 Å². The van der Waals surface area contributed by atoms with Crippen LogP contribution in [0.4, 0.5) is 5.69 Å². The number of hydrogen-bond acceptors (Lipinski definition) is 4. The summed E-state index contributed by atoms with van der Waals surface area (Å²) in [4.78, 5) is 13.8. The number of amides is 1. The van der Waals surface area contributed by atoms with Crippen molar-refractivity contribution >= 4 is 33.2 Å². The number of sulfonamides is 1. The number of benzene rings is 2. The Kier molecular flexibility index (Phi) is 6.27. The zero-order chi connectivity index (χ0) is 20.3. The van der Waals surface area contributed by atoms with Crippen LogP contribution in [0.2, 0.25) is 5.02 Å². The highest BCUT2D eigenvalue weighted by Gasteiger charge is 2.24. The number of aryl methyl sites for hydroxylation is 2. The molecule has 1 fully saturated rings. The van der Waals surface area contributed by atoms with Gasteiger partial charge in [-0.2, -0.15) is 0 Å². The van der Waals surface area contributed by atoms with Crippen molar-refractivity contribution in [1.29, 1.82) is 0 Å². The molecule has 0 saturated carbocycles. The number of nitrogens with one attached hydrogen (secondary N) is 1. The molecule has 0 bridgehead atoms. The molecule has 8 heteroatoms. The summed E-state index contributed by atoms with van der Waals surface area (Å²) in [6.07, 6.45) is 1.36. The lowest BCUT2D eigenvalue weighted by Crippen LogP contribution is -2.29. The number of anilines is 1. The highest BCUT2D eigenvalue weighted by atomic mass is 35.5. The number of carbonyl (C=O) groups excluding carboxylic acids is 1. The number of carbonyl (C=O) groups is 1. The van der Waals surface area contributed by atoms with E-state index in [9.17, 15) is 13.2 Å². The van der Waals surface area contributed by atoms with Crippen molar-refractivity contribution in [1.82, 2.24) is 4.72 Å². The zero-order valence-electron chi connectivity index (χ0n) is 15.9. The summed E-state index contributed by atoms with van der Waals surface area (Å²) in [6, 6.07) is 10.1. The summed E-state index contributed by atoms with van der Waals surface area (Å²) in [5.74, 6) is 0.662. The molecule has 1 amide bonds. The lowest BCUT2D eigenvalue weighted by molar-refractivity contribution is -0.117. The highest BCUT2D eigenvalue weighted by Crippen LogP contribution is 2.27. The first-order valence-corrected chi connectivity index (χ1v) is 10.9. The van der Waals surface area contributed by atoms with Crippen molar-refractivity contribution in [3.63, 3.8) is 0 Å². The first-order valence-electron chi connectivity index (χ1n) is 9.07. The average molecular weight is 423 g/mol. The SMILES string of the molecule is Cc1ccc(OCCNS(=O)(=O)c2ccc(N3CCCC3=O)c(C)c2)cc1Cl. The van der Waals surface area contributed by atoms with Crippen molar-refractivity contribution < 1.29 is 17.9 Å². The van der Waals surface area contributed by atoms with Gasteiger partial charge >= 0.3 is 0 Å². The van der Waals surface area contributed by atoms with Crippen LogP contribution < -0.4 is 14.4 Å². The van der Waals surface area contributed by atoms with Crippen molar-refractivity contribution in [3.8, 4) is 5.75 Å². The standard InChI is InChI=1S/C20H23ClN2O4S/c1-14-5-6-16(13-18(14)21)27-11-9-22-28(25,26)17-7-8-19(15(2)12-17)23-10-3-4-20(23)24/h5-8,12-13,22H,3-4,9-11H2,1-2H3. The van der Waals surface area contributed by atoms with E-state index in [4.69, 9.17) is 16.3 Å². The molecule has 1 aliphatic rings. The minimum absolute atomic E-state index is 0.0743. The number of halogens is 1. The second-order valence-electron chi connectivity index (χ2n) is 6.75. The van der Waals surface area contributed by atoms with E-state index >= 15 is 0 Å². The van der Waals surface area contributed by atoms with Crippen molar-refractivity contribution in [3.05, 3.63) is 52.5 Å². The maximum absolute atomic E-state index is 12.5. The number of ether oxygens (including phenoxy) is 1. The van der Waals surface area contributed by atoms with Crippen LogP contribution in [0.15, 0.2) is 41.3 Å². The second kappa shape index (κ2) is 8.51. The van der Waals surface area contributed by atoms with Gasteiger partial charge < -0.3 is 9.64 Å². The third-order valence-electron chi connectivity index (χ3n) is 4.65. The summed E-state index contributed by atoms with van der Waals surface area (Å²) in [5.41, 5.74) is 2.47. The second-order valence-corrected chi connectivity index (χ2v) is 8.93. The third-order valence-corrected chi connectivity index (χ3v) is 6.51. The Morgan fingerprint density at radius 1 is 1.14 bits per heavy atom. The van der Waals surface area contributed by atoms with Gasteiger partial charge in [-0.1, -0.05) is 17.7 Å². The summed E-state index contributed by atoms with van der Waals surface area (Å²) in [6.45, 7) is 4.68. The maximum Gasteiger partial charge on any atom is 0.240 e. The normalized spacial score (nSPS) is 14.5. The van der Waals surface area contributed by atoms with Crippen LogP contribution in [0, 0.1) is 13.8 Å². The Balaban J connectivity index is 1.60. The molecule has 1 heterocycles. The van der Waals surface area contributed by atoms with Gasteiger partial charge in [-0.15, -0.1) is 0 Å². The lowest BCUT2D eigenvalue weighted by Gasteiger charge is -2.19. The molecule has 0 unspecified atom stereocenters. The molecule has 0 spiro atoms. The minimum atomic E-state index is -3.67. The van der Waals surface area contributed by atoms with Crippen LogP contribution in [0.5, 0.6) is 5.75 Å². The van der Waals surface area contributed by atoms with Crippen LogP contribution in [-0.4, -0.2) is 34.0 Å². The molecule has 6 nitrogen and oxygen atoms in total. The number of nitrogens with zero attached hydrogens (tertiary/aromatic N) is 1. The smallest absolute Gasteiger partial charge is 0.240 e. The molecule has 1 aliphatic heterocycles. The lowest BCUT2D eigenvalue weighted by atomic mass is 10.2. The molecule has 2 aromatic carbocycles. The Morgan fingerprint density at radius 2 is 1.93 bits per heavy atom. The minimum Gasteiger partial charge on any atom is -0.492 e. The molecule has 0 radical (unpaired) electrons. The quantitative estimate of drug-likeness (QED) is 0.693. The van der Waals surface area contributed by atoms with Gasteiger partial charge in [-0.25, -0.2) is 13.1 Å². The number of hydrogen-bond donors (Lipinski definition) is 1. The third kappa shape index (κ3) is 4.66. The van der Waals surface area contributed by atoms with Crippen molar-refractivity contribution in [2.24, 2.45) is 0 Å². The van der Waals surface area contributed by atoms with E-state index in [0.29, 0.717) is 23.7 Å². The Morgan fingerprint density at radius 3 is 2.57 bits per heavy atom. The molecule has 0 aliphatic carbocycles. The summed E-state index contributed by atoms with van der Waals surface area (Å²) < 4.78 is 33.1. The van der Waals surface area contributed by atoms with Crippen molar-refractivity contribution in [2.45, 2.75) is 31.6 Å². The number of rotatable bonds is 7. The van der Waals surface area contributed by atoms with Gasteiger partial charge in [0.15, 0.2) is 0 Å². The topological polar surface area (TPSA) is 75.7 Å². The Labute approximate surface area is 170 Å². The average Bonchev–Trinajstić information content (AvgIpc) is 3.07. The van der Waals surface area contributed by atoms with Gasteiger partial charge in [-0.05, 0) is 61.7 Å². The summed E-state index contributed by atoms with van der Waals surface area (Å²) in [7, 11) is -3.67. The first kappa shape index (κ1) is 20.6. The van der Waals surface area contributed by atoms with Crippen LogP contribution >= 0.6 is 11.6 Å². The first-order chi connectivity index (χ1) is 13.3. The zero-order valence-corrected chi connectivity index (χ0v) is 17.4. The van der Waals surface area contributed by atoms with Crippen LogP contribution in [0.3, 0.4) is 0 Å². The maximum atomic E-state index is 12.5. The molecule has 1 saturated heterocycles. The van der Waals surface area contributed by atoms with Crippen LogP contribution in [0.1, 0.15) is 24.0 Å². The van der Waals surface area contributed by atoms with Crippen LogP contribution in [-0.2, 0) is 14.8 Å². The van der Waals surface area contributed by atoms with E-state index in [1.807, 2.05) is 19.9 Å². The van der Waals surface area contributed by atoms with Gasteiger partial charge in [0.25, 0.3) is 0 Å². The fraction of sp³-hybridized carbons (Fsp3) is 0.350. The van der Waals surface area contributed by atoms with E-state index in [-0.39, 0.29) is 24.0 Å². The predicted octanol–water partition coefficient (Wildman–Crippen LogP) is 3.44. The van der Waals surface area contributed by atoms with Gasteiger partial charge in [0.2, 0.25) is 15.9 Å². The van der Waals surface area contributed by atoms with E-state index in [1.165, 1.54) is 6.07 Å². The summed E-state index contributed by atoms with van der Waals surface area (Å²) >= 11 is 6.05. The largest absolute Gasteiger partial charge is 0.492 e. The fourth-order valence-electron chi connectivity index (χ4n) is 3.09. The monoisotopic (exact) mass is 422 g/mol. The van der Waals surface area contributed by atoms with Crippen LogP contribution in [0.25, 0.3) is 0 Å². The molecule has 28 heavy (non-hydrogen) atoms. The van der Waals surface area contributed by atoms with Gasteiger partial charge in [0.1, 0.15) is 12.4 Å². The molecular formula is C20H23ClN2O4S. The molecule has 0 atom stereocenters. The van der Waals surface area contributed by atoms with Gasteiger partial charge in [0.05, 0.1) is 4.90 Å². The predicted molar refractivity (Wildman–Crippen MR) is 110 cm³/mol. The van der Waals surface area contributed by atoms with E-state index < -0.39 is 10.0 Å². The molecule has 150 valence electrons. The molecule has 2 aromatic rings. The fourth-order valence-corrected chi connectivity index (χ4v) is 4.36. The molecule has 3 rings (SSSR count). The highest BCUT2D eigenvalue weighted by molar-refractivity contribution is 7.89. The van der Waals surface area contributed by atoms with Crippen molar-refractivity contribution in [2.75, 3.05) is 24.6 Å². The Hall–Kier alpha value is -2.09. The van der Waals surface area contributed by atoms with E-state index in [1.54, 1.807) is 29.2 Å². The van der Waals surface area contributed by atoms with E-state index in [2.05, 4.69) is 4.72 Å². The van der Waals surface area contributed by atoms with Gasteiger partial charge in [0, 0.05) is 30.2 Å². The van der Waals surface area contributed by atoms with Gasteiger partial charge in [-0.3, -0.25) is 4.79 Å². The molecular weight excluding hydrogens is 400 g/mol. The Bertz CT molecular complexity index is 992.